The highest BCUT2D eigenvalue weighted by molar-refractivity contribution is 5.74. The van der Waals surface area contributed by atoms with E-state index in [4.69, 9.17) is 0 Å². The Labute approximate surface area is 85.8 Å². The Kier molecular flexibility index (Phi) is 6.96. The van der Waals surface area contributed by atoms with Crippen LogP contribution in [0.15, 0.2) is 59.3 Å². The molecule has 0 amide bonds. The summed E-state index contributed by atoms with van der Waals surface area (Å²) < 4.78 is 0. The first kappa shape index (κ1) is 12.3. The molecule has 74 valence electrons. The summed E-state index contributed by atoms with van der Waals surface area (Å²) in [5.74, 6) is 0. The second kappa shape index (κ2) is 7.92. The molecule has 0 aromatic carbocycles. The predicted molar refractivity (Wildman–Crippen MR) is 64.9 cm³/mol. The highest BCUT2D eigenvalue weighted by Gasteiger charge is 1.91. The van der Waals surface area contributed by atoms with Crippen molar-refractivity contribution in [1.82, 2.24) is 0 Å². The second-order valence-electron chi connectivity index (χ2n) is 2.52. The zero-order chi connectivity index (χ0) is 10.8. The molecule has 0 saturated carbocycles. The zero-order valence-corrected chi connectivity index (χ0v) is 8.61. The zero-order valence-electron chi connectivity index (χ0n) is 8.61. The lowest BCUT2D eigenvalue weighted by molar-refractivity contribution is 1.23. The SMILES string of the molecule is C=CC=NC(=C)C(=C)N=C/C=C\CC. The van der Waals surface area contributed by atoms with E-state index in [0.717, 1.165) is 6.42 Å². The van der Waals surface area contributed by atoms with Crippen molar-refractivity contribution in [3.63, 3.8) is 0 Å². The standard InChI is InChI=1S/C12H16N2/c1-5-7-8-10-14-12(4)11(3)13-9-6-2/h6-10H,2-5H2,1H3/b8-7-,13-9?,14-10?. The predicted octanol–water partition coefficient (Wildman–Crippen LogP) is 3.31. The number of hydrogen-bond donors (Lipinski definition) is 0. The van der Waals surface area contributed by atoms with E-state index in [1.807, 2.05) is 12.2 Å². The first-order valence-electron chi connectivity index (χ1n) is 4.44. The van der Waals surface area contributed by atoms with Crippen molar-refractivity contribution >= 4 is 12.4 Å². The van der Waals surface area contributed by atoms with E-state index >= 15 is 0 Å². The molecule has 0 radical (unpaired) electrons. The van der Waals surface area contributed by atoms with E-state index in [9.17, 15) is 0 Å². The quantitative estimate of drug-likeness (QED) is 0.451. The first-order chi connectivity index (χ1) is 6.72. The third-order valence-electron chi connectivity index (χ3n) is 1.36. The maximum atomic E-state index is 4.06. The summed E-state index contributed by atoms with van der Waals surface area (Å²) in [5.41, 5.74) is 1.11. The summed E-state index contributed by atoms with van der Waals surface area (Å²) in [6, 6.07) is 0. The van der Waals surface area contributed by atoms with Crippen molar-refractivity contribution in [3.8, 4) is 0 Å². The Balaban J connectivity index is 4.14. The third kappa shape index (κ3) is 5.89. The first-order valence-corrected chi connectivity index (χ1v) is 4.44. The normalized spacial score (nSPS) is 11.5. The lowest BCUT2D eigenvalue weighted by Crippen LogP contribution is -1.80. The van der Waals surface area contributed by atoms with Gasteiger partial charge in [-0.25, -0.2) is 0 Å². The minimum atomic E-state index is 0.547. The van der Waals surface area contributed by atoms with Gasteiger partial charge in [0.1, 0.15) is 0 Å². The maximum Gasteiger partial charge on any atom is 0.0808 e. The van der Waals surface area contributed by atoms with Crippen molar-refractivity contribution in [3.05, 3.63) is 49.4 Å². The van der Waals surface area contributed by atoms with E-state index in [0.29, 0.717) is 11.4 Å². The molecule has 0 aliphatic carbocycles. The van der Waals surface area contributed by atoms with Crippen LogP contribution in [-0.2, 0) is 0 Å². The molecule has 0 saturated heterocycles. The minimum absolute atomic E-state index is 0.547. The fourth-order valence-electron chi connectivity index (χ4n) is 0.622. The highest BCUT2D eigenvalue weighted by atomic mass is 14.8. The van der Waals surface area contributed by atoms with E-state index < -0.39 is 0 Å². The van der Waals surface area contributed by atoms with E-state index in [-0.39, 0.29) is 0 Å². The van der Waals surface area contributed by atoms with E-state index in [1.54, 1.807) is 18.5 Å². The van der Waals surface area contributed by atoms with Crippen LogP contribution in [0.5, 0.6) is 0 Å². The molecule has 2 heteroatoms. The van der Waals surface area contributed by atoms with Gasteiger partial charge in [-0.1, -0.05) is 38.8 Å². The smallest absolute Gasteiger partial charge is 0.0808 e. The molecule has 0 aliphatic heterocycles. The van der Waals surface area contributed by atoms with Crippen LogP contribution in [0.3, 0.4) is 0 Å². The molecule has 2 nitrogen and oxygen atoms in total. The van der Waals surface area contributed by atoms with Crippen LogP contribution in [0.2, 0.25) is 0 Å². The van der Waals surface area contributed by atoms with Crippen LogP contribution < -0.4 is 0 Å². The number of hydrogen-bond acceptors (Lipinski definition) is 2. The van der Waals surface area contributed by atoms with Crippen LogP contribution >= 0.6 is 0 Å². The molecule has 14 heavy (non-hydrogen) atoms. The Hall–Kier alpha value is -1.70. The van der Waals surface area contributed by atoms with Gasteiger partial charge in [-0.15, -0.1) is 0 Å². The molecule has 0 aromatic heterocycles. The summed E-state index contributed by atoms with van der Waals surface area (Å²) in [4.78, 5) is 8.03. The summed E-state index contributed by atoms with van der Waals surface area (Å²) in [6.07, 6.45) is 9.70. The molecule has 0 atom stereocenters. The largest absolute Gasteiger partial charge is 0.255 e. The van der Waals surface area contributed by atoms with Gasteiger partial charge in [0.2, 0.25) is 0 Å². The molecule has 0 bridgehead atoms. The van der Waals surface area contributed by atoms with Gasteiger partial charge < -0.3 is 0 Å². The Morgan fingerprint density at radius 1 is 1.14 bits per heavy atom. The number of rotatable bonds is 6. The van der Waals surface area contributed by atoms with Gasteiger partial charge in [0.05, 0.1) is 11.4 Å². The lowest BCUT2D eigenvalue weighted by atomic mass is 10.4. The van der Waals surface area contributed by atoms with Crippen LogP contribution in [-0.4, -0.2) is 12.4 Å². The molecule has 0 aliphatic rings. The molecule has 0 unspecified atom stereocenters. The molecule has 0 aromatic rings. The number of nitrogens with zero attached hydrogens (tertiary/aromatic N) is 2. The Morgan fingerprint density at radius 3 is 2.21 bits per heavy atom. The Bertz CT molecular complexity index is 293. The van der Waals surface area contributed by atoms with Crippen molar-refractivity contribution in [2.24, 2.45) is 9.98 Å². The number of allylic oxidation sites excluding steroid dienone is 3. The van der Waals surface area contributed by atoms with Crippen LogP contribution in [0.4, 0.5) is 0 Å². The second-order valence-corrected chi connectivity index (χ2v) is 2.52. The Morgan fingerprint density at radius 2 is 1.71 bits per heavy atom. The van der Waals surface area contributed by atoms with Gasteiger partial charge in [-0.05, 0) is 12.5 Å². The van der Waals surface area contributed by atoms with E-state index in [1.165, 1.54) is 0 Å². The molecular weight excluding hydrogens is 172 g/mol. The average molecular weight is 188 g/mol. The lowest BCUT2D eigenvalue weighted by Gasteiger charge is -1.95. The summed E-state index contributed by atoms with van der Waals surface area (Å²) in [6.45, 7) is 13.0. The van der Waals surface area contributed by atoms with Gasteiger partial charge in [0.15, 0.2) is 0 Å². The van der Waals surface area contributed by atoms with Crippen molar-refractivity contribution in [2.75, 3.05) is 0 Å². The molecule has 0 fully saturated rings. The number of aliphatic imine (C=N–C) groups is 2. The highest BCUT2D eigenvalue weighted by Crippen LogP contribution is 2.06. The molecule has 0 N–H and O–H groups in total. The maximum absolute atomic E-state index is 4.06. The average Bonchev–Trinajstić information content (AvgIpc) is 2.20. The van der Waals surface area contributed by atoms with Gasteiger partial charge in [0.25, 0.3) is 0 Å². The van der Waals surface area contributed by atoms with Gasteiger partial charge in [0, 0.05) is 12.4 Å². The van der Waals surface area contributed by atoms with Crippen LogP contribution in [0, 0.1) is 0 Å². The fourth-order valence-corrected chi connectivity index (χ4v) is 0.622. The fraction of sp³-hybridized carbons (Fsp3) is 0.167. The molecule has 0 spiro atoms. The topological polar surface area (TPSA) is 24.7 Å². The minimum Gasteiger partial charge on any atom is -0.255 e. The van der Waals surface area contributed by atoms with E-state index in [2.05, 4.69) is 36.6 Å². The van der Waals surface area contributed by atoms with Crippen LogP contribution in [0.1, 0.15) is 13.3 Å². The van der Waals surface area contributed by atoms with Crippen LogP contribution in [0.25, 0.3) is 0 Å². The molecule has 0 heterocycles. The molecular formula is C12H16N2. The summed E-state index contributed by atoms with van der Waals surface area (Å²) in [5, 5.41) is 0. The summed E-state index contributed by atoms with van der Waals surface area (Å²) in [7, 11) is 0. The van der Waals surface area contributed by atoms with Gasteiger partial charge >= 0.3 is 0 Å². The third-order valence-corrected chi connectivity index (χ3v) is 1.36. The summed E-state index contributed by atoms with van der Waals surface area (Å²) >= 11 is 0. The van der Waals surface area contributed by atoms with Crippen molar-refractivity contribution in [1.29, 1.82) is 0 Å². The van der Waals surface area contributed by atoms with Gasteiger partial charge in [-0.2, -0.15) is 0 Å². The van der Waals surface area contributed by atoms with Crippen molar-refractivity contribution in [2.45, 2.75) is 13.3 Å². The monoisotopic (exact) mass is 188 g/mol. The van der Waals surface area contributed by atoms with Gasteiger partial charge in [-0.3, -0.25) is 9.98 Å². The van der Waals surface area contributed by atoms with Crippen molar-refractivity contribution < 1.29 is 0 Å². The molecule has 0 rings (SSSR count).